The van der Waals surface area contributed by atoms with Gasteiger partial charge in [0.15, 0.2) is 5.96 Å². The van der Waals surface area contributed by atoms with Crippen molar-refractivity contribution in [3.05, 3.63) is 54.2 Å². The molecule has 0 radical (unpaired) electrons. The molecular weight excluding hydrogens is 364 g/mol. The number of hydrogen-bond donors (Lipinski definition) is 2. The van der Waals surface area contributed by atoms with Crippen molar-refractivity contribution in [2.24, 2.45) is 4.99 Å². The molecule has 4 rings (SSSR count). The van der Waals surface area contributed by atoms with Gasteiger partial charge in [0.2, 0.25) is 5.91 Å². The lowest BCUT2D eigenvalue weighted by atomic mass is 9.97. The Balaban J connectivity index is 1.36. The molecule has 3 heterocycles. The second-order valence-electron chi connectivity index (χ2n) is 7.32. The first-order chi connectivity index (χ1) is 14.3. The van der Waals surface area contributed by atoms with Gasteiger partial charge in [-0.15, -0.1) is 0 Å². The number of pyridine rings is 1. The van der Waals surface area contributed by atoms with Crippen LogP contribution in [-0.2, 0) is 4.79 Å². The summed E-state index contributed by atoms with van der Waals surface area (Å²) in [6, 6.07) is 14.0. The van der Waals surface area contributed by atoms with Gasteiger partial charge in [-0.2, -0.15) is 0 Å². The van der Waals surface area contributed by atoms with Crippen LogP contribution >= 0.6 is 0 Å². The van der Waals surface area contributed by atoms with Gasteiger partial charge >= 0.3 is 0 Å². The molecule has 7 nitrogen and oxygen atoms in total. The van der Waals surface area contributed by atoms with Crippen molar-refractivity contribution in [3.8, 4) is 0 Å². The van der Waals surface area contributed by atoms with E-state index in [1.54, 1.807) is 0 Å². The molecule has 0 saturated carbocycles. The topological polar surface area (TPSA) is 72.9 Å². The number of aliphatic imine (C=N–C) groups is 1. The van der Waals surface area contributed by atoms with Gasteiger partial charge in [0.25, 0.3) is 0 Å². The van der Waals surface area contributed by atoms with E-state index in [1.165, 1.54) is 0 Å². The summed E-state index contributed by atoms with van der Waals surface area (Å²) in [5, 5.41) is 6.37. The highest BCUT2D eigenvalue weighted by Crippen LogP contribution is 2.34. The fourth-order valence-corrected chi connectivity index (χ4v) is 3.98. The van der Waals surface area contributed by atoms with Crippen LogP contribution in [0, 0.1) is 0 Å². The van der Waals surface area contributed by atoms with E-state index in [9.17, 15) is 4.79 Å². The number of amides is 1. The monoisotopic (exact) mass is 392 g/mol. The highest BCUT2D eigenvalue weighted by atomic mass is 16.2. The van der Waals surface area contributed by atoms with Crippen LogP contribution in [0.1, 0.15) is 24.8 Å². The molecule has 1 unspecified atom stereocenters. The van der Waals surface area contributed by atoms with Crippen molar-refractivity contribution in [2.45, 2.75) is 19.3 Å². The number of guanidine groups is 1. The molecule has 0 aliphatic carbocycles. The number of para-hydroxylation sites is 1. The Kier molecular flexibility index (Phi) is 5.93. The lowest BCUT2D eigenvalue weighted by Gasteiger charge is -2.37. The third-order valence-corrected chi connectivity index (χ3v) is 5.48. The van der Waals surface area contributed by atoms with Crippen LogP contribution in [0.15, 0.2) is 53.7 Å². The van der Waals surface area contributed by atoms with Crippen molar-refractivity contribution in [2.75, 3.05) is 49.5 Å². The van der Waals surface area contributed by atoms with E-state index in [2.05, 4.69) is 38.4 Å². The summed E-state index contributed by atoms with van der Waals surface area (Å²) in [6.45, 7) is 7.16. The maximum absolute atomic E-state index is 12.3. The SMILES string of the molecule is CCNC(=NCCC1C(=O)Nc2ccccc21)N1CCN(c2ccccn2)CC1. The maximum atomic E-state index is 12.3. The minimum absolute atomic E-state index is 0.0791. The number of hydrogen-bond acceptors (Lipinski definition) is 4. The lowest BCUT2D eigenvalue weighted by Crippen LogP contribution is -2.52. The highest BCUT2D eigenvalue weighted by molar-refractivity contribution is 6.02. The Morgan fingerprint density at radius 3 is 2.72 bits per heavy atom. The van der Waals surface area contributed by atoms with E-state index < -0.39 is 0 Å². The smallest absolute Gasteiger partial charge is 0.232 e. The zero-order chi connectivity index (χ0) is 20.1. The van der Waals surface area contributed by atoms with Crippen molar-refractivity contribution in [1.29, 1.82) is 0 Å². The van der Waals surface area contributed by atoms with Crippen LogP contribution in [0.4, 0.5) is 11.5 Å². The summed E-state index contributed by atoms with van der Waals surface area (Å²) < 4.78 is 0. The van der Waals surface area contributed by atoms with Gasteiger partial charge in [-0.1, -0.05) is 24.3 Å². The van der Waals surface area contributed by atoms with Gasteiger partial charge in [-0.3, -0.25) is 9.79 Å². The minimum atomic E-state index is -0.112. The molecule has 1 amide bonds. The van der Waals surface area contributed by atoms with Gasteiger partial charge in [0.1, 0.15) is 5.82 Å². The molecule has 1 aromatic carbocycles. The van der Waals surface area contributed by atoms with Crippen molar-refractivity contribution < 1.29 is 4.79 Å². The van der Waals surface area contributed by atoms with Crippen LogP contribution in [0.2, 0.25) is 0 Å². The van der Waals surface area contributed by atoms with Gasteiger partial charge in [0, 0.05) is 51.2 Å². The number of rotatable bonds is 5. The number of carbonyl (C=O) groups is 1. The lowest BCUT2D eigenvalue weighted by molar-refractivity contribution is -0.117. The molecule has 1 saturated heterocycles. The van der Waals surface area contributed by atoms with Crippen molar-refractivity contribution >= 4 is 23.4 Å². The average molecular weight is 393 g/mol. The van der Waals surface area contributed by atoms with Gasteiger partial charge in [-0.25, -0.2) is 4.98 Å². The molecule has 7 heteroatoms. The van der Waals surface area contributed by atoms with Gasteiger partial charge in [0.05, 0.1) is 5.92 Å². The summed E-state index contributed by atoms with van der Waals surface area (Å²) >= 11 is 0. The molecule has 1 fully saturated rings. The first-order valence-electron chi connectivity index (χ1n) is 10.4. The van der Waals surface area contributed by atoms with Gasteiger partial charge in [-0.05, 0) is 37.1 Å². The zero-order valence-corrected chi connectivity index (χ0v) is 16.8. The number of fused-ring (bicyclic) bond motifs is 1. The number of nitrogens with zero attached hydrogens (tertiary/aromatic N) is 4. The molecule has 2 aliphatic heterocycles. The summed E-state index contributed by atoms with van der Waals surface area (Å²) in [5.74, 6) is 1.93. The number of nitrogens with one attached hydrogen (secondary N) is 2. The van der Waals surface area contributed by atoms with Gasteiger partial charge < -0.3 is 20.4 Å². The highest BCUT2D eigenvalue weighted by Gasteiger charge is 2.29. The molecule has 2 aliphatic rings. The van der Waals surface area contributed by atoms with E-state index in [1.807, 2.05) is 42.6 Å². The van der Waals surface area contributed by atoms with E-state index in [4.69, 9.17) is 4.99 Å². The second kappa shape index (κ2) is 8.94. The predicted molar refractivity (Wildman–Crippen MR) is 116 cm³/mol. The summed E-state index contributed by atoms with van der Waals surface area (Å²) in [6.07, 6.45) is 2.55. The molecule has 1 atom stereocenters. The summed E-state index contributed by atoms with van der Waals surface area (Å²) in [5.41, 5.74) is 2.02. The number of carbonyl (C=O) groups excluding carboxylic acids is 1. The summed E-state index contributed by atoms with van der Waals surface area (Å²) in [4.78, 5) is 26.2. The minimum Gasteiger partial charge on any atom is -0.357 e. The fourth-order valence-electron chi connectivity index (χ4n) is 3.98. The molecule has 152 valence electrons. The van der Waals surface area contributed by atoms with E-state index >= 15 is 0 Å². The fraction of sp³-hybridized carbons (Fsp3) is 0.409. The number of benzene rings is 1. The Morgan fingerprint density at radius 2 is 1.97 bits per heavy atom. The first-order valence-corrected chi connectivity index (χ1v) is 10.4. The normalized spacial score (nSPS) is 19.1. The molecule has 1 aromatic heterocycles. The van der Waals surface area contributed by atoms with Crippen LogP contribution in [0.25, 0.3) is 0 Å². The maximum Gasteiger partial charge on any atom is 0.232 e. The third kappa shape index (κ3) is 4.34. The Hall–Kier alpha value is -3.09. The van der Waals surface area contributed by atoms with Crippen LogP contribution in [-0.4, -0.2) is 61.0 Å². The largest absolute Gasteiger partial charge is 0.357 e. The zero-order valence-electron chi connectivity index (χ0n) is 16.8. The predicted octanol–water partition coefficient (Wildman–Crippen LogP) is 2.30. The number of aromatic nitrogens is 1. The molecule has 29 heavy (non-hydrogen) atoms. The Bertz CT molecular complexity index is 861. The Morgan fingerprint density at radius 1 is 1.17 bits per heavy atom. The quantitative estimate of drug-likeness (QED) is 0.603. The molecule has 2 N–H and O–H groups in total. The Labute approximate surface area is 171 Å². The molecule has 0 bridgehead atoms. The van der Waals surface area contributed by atoms with Crippen molar-refractivity contribution in [1.82, 2.24) is 15.2 Å². The summed E-state index contributed by atoms with van der Waals surface area (Å²) in [7, 11) is 0. The van der Waals surface area contributed by atoms with Crippen LogP contribution in [0.5, 0.6) is 0 Å². The van der Waals surface area contributed by atoms with E-state index in [-0.39, 0.29) is 11.8 Å². The van der Waals surface area contributed by atoms with E-state index in [0.29, 0.717) is 13.0 Å². The number of anilines is 2. The molecular formula is C22H28N6O. The average Bonchev–Trinajstić information content (AvgIpc) is 3.09. The van der Waals surface area contributed by atoms with Crippen LogP contribution < -0.4 is 15.5 Å². The second-order valence-corrected chi connectivity index (χ2v) is 7.32. The third-order valence-electron chi connectivity index (χ3n) is 5.48. The standard InChI is InChI=1S/C22H28N6O/c1-2-23-22(28-15-13-27(14-16-28)20-9-5-6-11-24-20)25-12-10-18-17-7-3-4-8-19(17)26-21(18)29/h3-9,11,18H,2,10,12-16H2,1H3,(H,23,25)(H,26,29). The number of piperazine rings is 1. The molecule has 0 spiro atoms. The molecule has 2 aromatic rings. The van der Waals surface area contributed by atoms with Crippen LogP contribution in [0.3, 0.4) is 0 Å². The van der Waals surface area contributed by atoms with Crippen molar-refractivity contribution in [3.63, 3.8) is 0 Å². The van der Waals surface area contributed by atoms with E-state index in [0.717, 1.165) is 55.8 Å². The first kappa shape index (κ1) is 19.2.